The maximum atomic E-state index is 12.9. The molecule has 0 aliphatic carbocycles. The fourth-order valence-corrected chi connectivity index (χ4v) is 6.43. The van der Waals surface area contributed by atoms with Crippen molar-refractivity contribution in [1.82, 2.24) is 20.0 Å². The van der Waals surface area contributed by atoms with Crippen LogP contribution in [0.4, 0.5) is 9.93 Å². The van der Waals surface area contributed by atoms with Gasteiger partial charge in [0.1, 0.15) is 6.10 Å². The van der Waals surface area contributed by atoms with E-state index in [1.54, 1.807) is 23.5 Å². The summed E-state index contributed by atoms with van der Waals surface area (Å²) in [5, 5.41) is 14.3. The van der Waals surface area contributed by atoms with Gasteiger partial charge in [0.2, 0.25) is 0 Å². The molecule has 2 aromatic heterocycles. The number of para-hydroxylation sites is 1. The molecule has 1 amide bonds. The van der Waals surface area contributed by atoms with Crippen LogP contribution >= 0.6 is 11.3 Å². The molecular weight excluding hydrogens is 526 g/mol. The number of aliphatic hydroxyl groups is 1. The Morgan fingerprint density at radius 3 is 2.74 bits per heavy atom. The van der Waals surface area contributed by atoms with Gasteiger partial charge in [-0.15, -0.1) is 0 Å². The van der Waals surface area contributed by atoms with E-state index in [9.17, 15) is 18.3 Å². The molecule has 10 nitrogen and oxygen atoms in total. The number of carbonyl (C=O) groups excluding carboxylic acids is 1. The smallest absolute Gasteiger partial charge is 0.407 e. The maximum absolute atomic E-state index is 12.9. The highest BCUT2D eigenvalue weighted by molar-refractivity contribution is 7.89. The summed E-state index contributed by atoms with van der Waals surface area (Å²) in [5.74, 6) is 0. The van der Waals surface area contributed by atoms with Gasteiger partial charge in [0.15, 0.2) is 10.2 Å². The molecule has 1 aliphatic heterocycles. The number of anilines is 1. The summed E-state index contributed by atoms with van der Waals surface area (Å²) in [4.78, 5) is 23.7. The normalized spacial score (nSPS) is 18.8. The topological polar surface area (TPSA) is 134 Å². The van der Waals surface area contributed by atoms with Gasteiger partial charge in [-0.05, 0) is 30.7 Å². The fraction of sp³-hybridized carbons (Fsp3) is 0.500. The predicted octanol–water partition coefficient (Wildman–Crippen LogP) is 3.53. The van der Waals surface area contributed by atoms with Crippen LogP contribution in [0.1, 0.15) is 40.0 Å². The average Bonchev–Trinajstić information content (AvgIpc) is 3.46. The number of aromatic nitrogens is 2. The van der Waals surface area contributed by atoms with Crippen LogP contribution < -0.4 is 14.9 Å². The van der Waals surface area contributed by atoms with Crippen LogP contribution in [0.15, 0.2) is 53.7 Å². The summed E-state index contributed by atoms with van der Waals surface area (Å²) in [6.07, 6.45) is 1.28. The van der Waals surface area contributed by atoms with Crippen molar-refractivity contribution in [3.05, 3.63) is 48.7 Å². The summed E-state index contributed by atoms with van der Waals surface area (Å²) in [7, 11) is -3.89. The van der Waals surface area contributed by atoms with E-state index in [2.05, 4.69) is 19.9 Å². The lowest BCUT2D eigenvalue weighted by Gasteiger charge is -2.28. The van der Waals surface area contributed by atoms with Gasteiger partial charge in [-0.3, -0.25) is 0 Å². The minimum absolute atomic E-state index is 0.133. The first-order valence-electron chi connectivity index (χ1n) is 12.8. The summed E-state index contributed by atoms with van der Waals surface area (Å²) in [5.41, 5.74) is 0.629. The number of alkyl carbamates (subject to hydrolysis) is 1. The Kier molecular flexibility index (Phi) is 8.86. The number of unbranched alkanes of at least 4 members (excludes halogenated alkanes) is 1. The van der Waals surface area contributed by atoms with Crippen LogP contribution in [0.2, 0.25) is 0 Å². The number of fused-ring (bicyclic) bond motifs is 1. The molecule has 1 aromatic carbocycles. The highest BCUT2D eigenvalue weighted by atomic mass is 32.2. The van der Waals surface area contributed by atoms with Crippen molar-refractivity contribution in [2.75, 3.05) is 24.5 Å². The molecule has 0 radical (unpaired) electrons. The second-order valence-corrected chi connectivity index (χ2v) is 12.9. The summed E-state index contributed by atoms with van der Waals surface area (Å²) in [6.45, 7) is 7.02. The number of pyridine rings is 1. The molecule has 3 aromatic rings. The zero-order valence-electron chi connectivity index (χ0n) is 21.8. The molecule has 3 atom stereocenters. The Hall–Kier alpha value is -2.80. The zero-order chi connectivity index (χ0) is 27.3. The number of aliphatic hydroxyl groups excluding tert-OH is 1. The van der Waals surface area contributed by atoms with E-state index < -0.39 is 28.3 Å². The number of nitrogens with zero attached hydrogens (tertiary/aromatic N) is 3. The van der Waals surface area contributed by atoms with Crippen molar-refractivity contribution >= 4 is 42.8 Å². The van der Waals surface area contributed by atoms with E-state index in [1.165, 1.54) is 12.3 Å². The quantitative estimate of drug-likeness (QED) is 0.324. The van der Waals surface area contributed by atoms with Gasteiger partial charge in [-0.1, -0.05) is 63.1 Å². The SMILES string of the molecule is CCCC[C@H](NC(=O)O[C@@H]1CN(c2nc3ccccc3s2)CC1(C)C)[C@H](O)CNS(=O)(=O)c1ccccn1. The lowest BCUT2D eigenvalue weighted by atomic mass is 9.90. The third-order valence-electron chi connectivity index (χ3n) is 6.69. The molecule has 0 unspecified atom stereocenters. The molecule has 0 spiro atoms. The van der Waals surface area contributed by atoms with E-state index >= 15 is 0 Å². The monoisotopic (exact) mass is 561 g/mol. The molecular formula is C26H35N5O5S2. The van der Waals surface area contributed by atoms with Crippen LogP contribution in [0, 0.1) is 5.41 Å². The average molecular weight is 562 g/mol. The first-order valence-corrected chi connectivity index (χ1v) is 15.1. The number of thiazole rings is 1. The first kappa shape index (κ1) is 28.2. The number of sulfonamides is 1. The molecule has 4 rings (SSSR count). The molecule has 12 heteroatoms. The lowest BCUT2D eigenvalue weighted by molar-refractivity contribution is 0.0445. The van der Waals surface area contributed by atoms with Crippen molar-refractivity contribution in [3.8, 4) is 0 Å². The Balaban J connectivity index is 1.37. The number of rotatable bonds is 11. The van der Waals surface area contributed by atoms with E-state index in [4.69, 9.17) is 9.72 Å². The summed E-state index contributed by atoms with van der Waals surface area (Å²) >= 11 is 1.61. The van der Waals surface area contributed by atoms with Crippen LogP contribution in [-0.2, 0) is 14.8 Å². The number of ether oxygens (including phenoxy) is 1. The van der Waals surface area contributed by atoms with Gasteiger partial charge in [-0.2, -0.15) is 0 Å². The number of hydrogen-bond donors (Lipinski definition) is 3. The van der Waals surface area contributed by atoms with Gasteiger partial charge >= 0.3 is 6.09 Å². The Labute approximate surface area is 227 Å². The highest BCUT2D eigenvalue weighted by Gasteiger charge is 2.43. The summed E-state index contributed by atoms with van der Waals surface area (Å²) in [6, 6.07) is 11.9. The van der Waals surface area contributed by atoms with Gasteiger partial charge in [0, 0.05) is 24.7 Å². The highest BCUT2D eigenvalue weighted by Crippen LogP contribution is 2.38. The third kappa shape index (κ3) is 6.79. The molecule has 1 fully saturated rings. The van der Waals surface area contributed by atoms with Crippen LogP contribution in [0.5, 0.6) is 0 Å². The molecule has 1 saturated heterocycles. The van der Waals surface area contributed by atoms with Crippen molar-refractivity contribution < 1.29 is 23.1 Å². The van der Waals surface area contributed by atoms with E-state index in [1.807, 2.05) is 45.0 Å². The van der Waals surface area contributed by atoms with E-state index in [0.717, 1.165) is 28.2 Å². The van der Waals surface area contributed by atoms with Crippen molar-refractivity contribution in [2.45, 2.75) is 63.3 Å². The number of amides is 1. The minimum Gasteiger partial charge on any atom is -0.444 e. The van der Waals surface area contributed by atoms with Crippen molar-refractivity contribution in [2.24, 2.45) is 5.41 Å². The number of carbonyl (C=O) groups is 1. The number of benzene rings is 1. The van der Waals surface area contributed by atoms with Gasteiger partial charge in [0.25, 0.3) is 10.0 Å². The van der Waals surface area contributed by atoms with Crippen LogP contribution in [0.3, 0.4) is 0 Å². The largest absolute Gasteiger partial charge is 0.444 e. The van der Waals surface area contributed by atoms with Crippen LogP contribution in [0.25, 0.3) is 10.2 Å². The maximum Gasteiger partial charge on any atom is 0.407 e. The fourth-order valence-electron chi connectivity index (χ4n) is 4.46. The minimum atomic E-state index is -3.89. The third-order valence-corrected chi connectivity index (χ3v) is 9.13. The van der Waals surface area contributed by atoms with Crippen molar-refractivity contribution in [3.63, 3.8) is 0 Å². The zero-order valence-corrected chi connectivity index (χ0v) is 23.5. The molecule has 3 heterocycles. The molecule has 0 bridgehead atoms. The Morgan fingerprint density at radius 2 is 2.03 bits per heavy atom. The molecule has 38 heavy (non-hydrogen) atoms. The molecule has 1 aliphatic rings. The Bertz CT molecular complexity index is 1300. The lowest BCUT2D eigenvalue weighted by Crippen LogP contribution is -2.49. The second kappa shape index (κ2) is 11.9. The summed E-state index contributed by atoms with van der Waals surface area (Å²) < 4.78 is 34.3. The molecule has 0 saturated carbocycles. The number of hydrogen-bond acceptors (Lipinski definition) is 9. The second-order valence-electron chi connectivity index (χ2n) is 10.2. The van der Waals surface area contributed by atoms with E-state index in [-0.39, 0.29) is 23.1 Å². The standard InChI is InChI=1S/C26H35N5O5S2/c1-4-5-10-18(20(32)15-28-38(34,35)23-13-8-9-14-27-23)30-25(33)36-22-16-31(17-26(22,2)3)24-29-19-11-6-7-12-21(19)37-24/h6-9,11-14,18,20,22,28,32H,4-5,10,15-17H2,1-3H3,(H,30,33)/t18-,20+,22+/m0/s1. The molecule has 206 valence electrons. The van der Waals surface area contributed by atoms with Gasteiger partial charge in [-0.25, -0.2) is 27.9 Å². The van der Waals surface area contributed by atoms with Gasteiger partial charge in [0.05, 0.1) is 28.9 Å². The number of nitrogens with one attached hydrogen (secondary N) is 2. The van der Waals surface area contributed by atoms with E-state index in [0.29, 0.717) is 19.5 Å². The predicted molar refractivity (Wildman–Crippen MR) is 148 cm³/mol. The Morgan fingerprint density at radius 1 is 1.26 bits per heavy atom. The van der Waals surface area contributed by atoms with Crippen molar-refractivity contribution in [1.29, 1.82) is 0 Å². The molecule has 3 N–H and O–H groups in total. The van der Waals surface area contributed by atoms with Gasteiger partial charge < -0.3 is 20.1 Å². The first-order chi connectivity index (χ1) is 18.1. The van der Waals surface area contributed by atoms with Crippen LogP contribution in [-0.4, -0.2) is 67.5 Å².